The number of hydrogen-bond acceptors (Lipinski definition) is 1. The number of ketones is 1. The first-order chi connectivity index (χ1) is 10.7. The number of Topliss-reactive ketones (excluding diaryl/α,β-unsaturated/α-hetero) is 1. The molecule has 0 fully saturated rings. The van der Waals surface area contributed by atoms with Gasteiger partial charge < -0.3 is 0 Å². The van der Waals surface area contributed by atoms with Crippen molar-refractivity contribution in [2.24, 2.45) is 17.3 Å². The average molecular weight is 337 g/mol. The van der Waals surface area contributed by atoms with Crippen molar-refractivity contribution in [3.63, 3.8) is 0 Å². The van der Waals surface area contributed by atoms with Gasteiger partial charge in [-0.2, -0.15) is 0 Å². The molecule has 0 radical (unpaired) electrons. The van der Waals surface area contributed by atoms with Gasteiger partial charge in [0.25, 0.3) is 0 Å². The molecule has 0 N–H and O–H groups in total. The van der Waals surface area contributed by atoms with Crippen LogP contribution in [0.15, 0.2) is 24.3 Å². The average Bonchev–Trinajstić information content (AvgIpc) is 2.45. The maximum absolute atomic E-state index is 12.5. The first kappa shape index (κ1) is 20.2. The summed E-state index contributed by atoms with van der Waals surface area (Å²) in [6.07, 6.45) is 6.59. The minimum atomic E-state index is -0.254. The van der Waals surface area contributed by atoms with E-state index in [1.165, 1.54) is 31.2 Å². The number of hydrogen-bond donors (Lipinski definition) is 0. The maximum atomic E-state index is 12.5. The van der Waals surface area contributed by atoms with E-state index < -0.39 is 0 Å². The Morgan fingerprint density at radius 2 is 1.91 bits per heavy atom. The summed E-state index contributed by atoms with van der Waals surface area (Å²) in [5.74, 6) is 1.33. The summed E-state index contributed by atoms with van der Waals surface area (Å²) in [5, 5.41) is 0.780. The van der Waals surface area contributed by atoms with Crippen molar-refractivity contribution in [2.45, 2.75) is 73.1 Å². The second-order valence-electron chi connectivity index (χ2n) is 7.94. The molecule has 0 aromatic heterocycles. The van der Waals surface area contributed by atoms with Crippen molar-refractivity contribution in [1.82, 2.24) is 0 Å². The van der Waals surface area contributed by atoms with Gasteiger partial charge in [0.2, 0.25) is 0 Å². The van der Waals surface area contributed by atoms with Crippen LogP contribution in [0.5, 0.6) is 0 Å². The van der Waals surface area contributed by atoms with Crippen LogP contribution >= 0.6 is 11.6 Å². The number of rotatable bonds is 9. The van der Waals surface area contributed by atoms with E-state index in [1.807, 2.05) is 39.0 Å². The van der Waals surface area contributed by atoms with Crippen molar-refractivity contribution < 1.29 is 4.79 Å². The quantitative estimate of drug-likeness (QED) is 0.457. The van der Waals surface area contributed by atoms with E-state index in [1.54, 1.807) is 0 Å². The normalized spacial score (nSPS) is 14.5. The third-order valence-corrected chi connectivity index (χ3v) is 4.97. The summed E-state index contributed by atoms with van der Waals surface area (Å²) in [5.41, 5.74) is 0.988. The Bertz CT molecular complexity index is 487. The van der Waals surface area contributed by atoms with Gasteiger partial charge in [-0.15, -0.1) is 0 Å². The standard InChI is InChI=1S/C21H33ClO/c1-6-7-8-10-16(2)18(15-20(23)21(3,4)5)13-17-11-9-12-19(22)14-17/h9,11-12,14,16,18H,6-8,10,13,15H2,1-5H3. The molecule has 0 spiro atoms. The predicted molar refractivity (Wildman–Crippen MR) is 101 cm³/mol. The number of benzene rings is 1. The largest absolute Gasteiger partial charge is 0.299 e. The van der Waals surface area contributed by atoms with E-state index >= 15 is 0 Å². The zero-order chi connectivity index (χ0) is 17.5. The number of carbonyl (C=O) groups excluding carboxylic acids is 1. The molecule has 0 amide bonds. The Morgan fingerprint density at radius 1 is 1.22 bits per heavy atom. The van der Waals surface area contributed by atoms with Crippen LogP contribution in [-0.4, -0.2) is 5.78 Å². The zero-order valence-corrected chi connectivity index (χ0v) is 16.2. The molecule has 0 aliphatic rings. The fourth-order valence-electron chi connectivity index (χ4n) is 2.94. The first-order valence-corrected chi connectivity index (χ1v) is 9.39. The first-order valence-electron chi connectivity index (χ1n) is 9.01. The summed E-state index contributed by atoms with van der Waals surface area (Å²) in [4.78, 5) is 12.5. The Hall–Kier alpha value is -0.820. The second-order valence-corrected chi connectivity index (χ2v) is 8.38. The van der Waals surface area contributed by atoms with E-state index in [9.17, 15) is 4.79 Å². The minimum Gasteiger partial charge on any atom is -0.299 e. The summed E-state index contributed by atoms with van der Waals surface area (Å²) in [6.45, 7) is 10.6. The molecule has 1 rings (SSSR count). The number of carbonyl (C=O) groups is 1. The van der Waals surface area contributed by atoms with Gasteiger partial charge >= 0.3 is 0 Å². The van der Waals surface area contributed by atoms with Gasteiger partial charge in [-0.25, -0.2) is 0 Å². The highest BCUT2D eigenvalue weighted by Crippen LogP contribution is 2.30. The van der Waals surface area contributed by atoms with Crippen LogP contribution in [0.4, 0.5) is 0 Å². The van der Waals surface area contributed by atoms with Crippen molar-refractivity contribution in [3.05, 3.63) is 34.9 Å². The highest BCUT2D eigenvalue weighted by Gasteiger charge is 2.27. The monoisotopic (exact) mass is 336 g/mol. The molecule has 0 heterocycles. The molecule has 0 saturated heterocycles. The number of halogens is 1. The van der Waals surface area contributed by atoms with E-state index in [0.29, 0.717) is 24.0 Å². The van der Waals surface area contributed by atoms with Crippen LogP contribution in [0.3, 0.4) is 0 Å². The second kappa shape index (κ2) is 9.47. The van der Waals surface area contributed by atoms with Crippen molar-refractivity contribution in [3.8, 4) is 0 Å². The lowest BCUT2D eigenvalue weighted by Gasteiger charge is -2.27. The molecular weight excluding hydrogens is 304 g/mol. The third-order valence-electron chi connectivity index (χ3n) is 4.74. The zero-order valence-electron chi connectivity index (χ0n) is 15.5. The third kappa shape index (κ3) is 7.52. The van der Waals surface area contributed by atoms with Gasteiger partial charge in [0, 0.05) is 16.9 Å². The molecule has 0 bridgehead atoms. The van der Waals surface area contributed by atoms with Crippen LogP contribution < -0.4 is 0 Å². The summed E-state index contributed by atoms with van der Waals surface area (Å²) in [7, 11) is 0. The summed E-state index contributed by atoms with van der Waals surface area (Å²) >= 11 is 6.12. The minimum absolute atomic E-state index is 0.254. The predicted octanol–water partition coefficient (Wildman–Crippen LogP) is 6.72. The summed E-state index contributed by atoms with van der Waals surface area (Å²) < 4.78 is 0. The Balaban J connectivity index is 2.80. The lowest BCUT2D eigenvalue weighted by Crippen LogP contribution is -2.26. The number of unbranched alkanes of at least 4 members (excludes halogenated alkanes) is 2. The van der Waals surface area contributed by atoms with Crippen molar-refractivity contribution >= 4 is 17.4 Å². The van der Waals surface area contributed by atoms with Crippen LogP contribution in [0.2, 0.25) is 5.02 Å². The van der Waals surface area contributed by atoms with Gasteiger partial charge in [-0.1, -0.05) is 84.0 Å². The molecule has 1 nitrogen and oxygen atoms in total. The lowest BCUT2D eigenvalue weighted by atomic mass is 9.77. The van der Waals surface area contributed by atoms with E-state index in [-0.39, 0.29) is 5.41 Å². The fraction of sp³-hybridized carbons (Fsp3) is 0.667. The molecule has 0 aliphatic carbocycles. The van der Waals surface area contributed by atoms with Gasteiger partial charge in [0.05, 0.1) is 0 Å². The fourth-order valence-corrected chi connectivity index (χ4v) is 3.15. The molecule has 2 atom stereocenters. The smallest absolute Gasteiger partial charge is 0.138 e. The van der Waals surface area contributed by atoms with Crippen LogP contribution in [-0.2, 0) is 11.2 Å². The van der Waals surface area contributed by atoms with E-state index in [2.05, 4.69) is 19.9 Å². The Morgan fingerprint density at radius 3 is 2.48 bits per heavy atom. The maximum Gasteiger partial charge on any atom is 0.138 e. The van der Waals surface area contributed by atoms with Gasteiger partial charge in [-0.05, 0) is 36.0 Å². The highest BCUT2D eigenvalue weighted by molar-refractivity contribution is 6.30. The lowest BCUT2D eigenvalue weighted by molar-refractivity contribution is -0.127. The van der Waals surface area contributed by atoms with Crippen molar-refractivity contribution in [2.75, 3.05) is 0 Å². The SMILES string of the molecule is CCCCCC(C)C(CC(=O)C(C)(C)C)Cc1cccc(Cl)c1. The van der Waals surface area contributed by atoms with Crippen molar-refractivity contribution in [1.29, 1.82) is 0 Å². The molecular formula is C21H33ClO. The van der Waals surface area contributed by atoms with Crippen LogP contribution in [0.1, 0.15) is 72.3 Å². The van der Waals surface area contributed by atoms with Gasteiger partial charge in [0.1, 0.15) is 5.78 Å². The molecule has 2 unspecified atom stereocenters. The van der Waals surface area contributed by atoms with E-state index in [0.717, 1.165) is 11.4 Å². The molecule has 0 saturated carbocycles. The van der Waals surface area contributed by atoms with Crippen LogP contribution in [0.25, 0.3) is 0 Å². The van der Waals surface area contributed by atoms with Gasteiger partial charge in [0.15, 0.2) is 0 Å². The Labute approximate surface area is 147 Å². The molecule has 1 aromatic rings. The van der Waals surface area contributed by atoms with E-state index in [4.69, 9.17) is 11.6 Å². The summed E-state index contributed by atoms with van der Waals surface area (Å²) in [6, 6.07) is 8.07. The molecule has 23 heavy (non-hydrogen) atoms. The molecule has 1 aromatic carbocycles. The molecule has 2 heteroatoms. The topological polar surface area (TPSA) is 17.1 Å². The molecule has 130 valence electrons. The van der Waals surface area contributed by atoms with Crippen LogP contribution in [0, 0.1) is 17.3 Å². The highest BCUT2D eigenvalue weighted by atomic mass is 35.5. The molecule has 0 aliphatic heterocycles. The van der Waals surface area contributed by atoms with Gasteiger partial charge in [-0.3, -0.25) is 4.79 Å². The Kier molecular flexibility index (Phi) is 8.33.